The van der Waals surface area contributed by atoms with Crippen LogP contribution in [0, 0.1) is 5.92 Å². The van der Waals surface area contributed by atoms with Crippen molar-refractivity contribution in [2.75, 3.05) is 6.61 Å². The average Bonchev–Trinajstić information content (AvgIpc) is 1.97. The van der Waals surface area contributed by atoms with Gasteiger partial charge >= 0.3 is 0 Å². The van der Waals surface area contributed by atoms with Crippen molar-refractivity contribution in [3.8, 4) is 0 Å². The third-order valence-corrected chi connectivity index (χ3v) is 3.84. The lowest BCUT2D eigenvalue weighted by molar-refractivity contribution is 0.259. The third-order valence-electron chi connectivity index (χ3n) is 2.33. The summed E-state index contributed by atoms with van der Waals surface area (Å²) in [5.41, 5.74) is 5.46. The van der Waals surface area contributed by atoms with Crippen LogP contribution in [0.5, 0.6) is 0 Å². The van der Waals surface area contributed by atoms with Gasteiger partial charge in [-0.25, -0.2) is 0 Å². The second-order valence-corrected chi connectivity index (χ2v) is 5.26. The summed E-state index contributed by atoms with van der Waals surface area (Å²) in [6.45, 7) is 2.89. The first-order chi connectivity index (χ1) is 5.73. The molecule has 0 heterocycles. The number of hydrogen-bond donors (Lipinski definition) is 3. The fourth-order valence-electron chi connectivity index (χ4n) is 0.938. The topological polar surface area (TPSA) is 101 Å². The Kier molecular flexibility index (Phi) is 4.31. The van der Waals surface area contributed by atoms with Crippen molar-refractivity contribution in [2.45, 2.75) is 31.6 Å². The Labute approximate surface area is 78.7 Å². The summed E-state index contributed by atoms with van der Waals surface area (Å²) < 4.78 is 30.5. The lowest BCUT2D eigenvalue weighted by Gasteiger charge is -2.27. The predicted octanol–water partition coefficient (Wildman–Crippen LogP) is -0.0423. The lowest BCUT2D eigenvalue weighted by atomic mass is 9.98. The number of nitrogens with two attached hydrogens (primary N) is 1. The van der Waals surface area contributed by atoms with Crippen LogP contribution in [-0.4, -0.2) is 29.6 Å². The summed E-state index contributed by atoms with van der Waals surface area (Å²) >= 11 is 0. The Morgan fingerprint density at radius 2 is 2.00 bits per heavy atom. The van der Waals surface area contributed by atoms with Gasteiger partial charge < -0.3 is 10.8 Å². The van der Waals surface area contributed by atoms with Crippen molar-refractivity contribution in [2.24, 2.45) is 11.7 Å². The summed E-state index contributed by atoms with van der Waals surface area (Å²) in [4.78, 5) is -1.64. The SMILES string of the molecule is CC(CCCO)C(C)(N)S(=O)(=O)O. The van der Waals surface area contributed by atoms with E-state index in [2.05, 4.69) is 0 Å². The smallest absolute Gasteiger partial charge is 0.283 e. The van der Waals surface area contributed by atoms with Crippen LogP contribution in [0.1, 0.15) is 26.7 Å². The molecule has 2 unspecified atom stereocenters. The Bertz CT molecular complexity index is 247. The summed E-state index contributed by atoms with van der Waals surface area (Å²) in [6.07, 6.45) is 0.937. The van der Waals surface area contributed by atoms with Crippen molar-refractivity contribution >= 4 is 10.1 Å². The molecule has 0 saturated heterocycles. The minimum Gasteiger partial charge on any atom is -0.396 e. The summed E-state index contributed by atoms with van der Waals surface area (Å²) in [6, 6.07) is 0. The number of aliphatic hydroxyl groups excluding tert-OH is 1. The third kappa shape index (κ3) is 3.22. The number of aliphatic hydroxyl groups is 1. The zero-order valence-electron chi connectivity index (χ0n) is 7.90. The van der Waals surface area contributed by atoms with Gasteiger partial charge in [-0.2, -0.15) is 8.42 Å². The minimum atomic E-state index is -4.24. The molecule has 80 valence electrons. The molecule has 0 aliphatic heterocycles. The summed E-state index contributed by atoms with van der Waals surface area (Å²) in [7, 11) is -4.24. The van der Waals surface area contributed by atoms with Gasteiger partial charge in [0.15, 0.2) is 0 Å². The lowest BCUT2D eigenvalue weighted by Crippen LogP contribution is -2.50. The molecule has 0 spiro atoms. The fourth-order valence-corrected chi connectivity index (χ4v) is 1.56. The molecule has 0 radical (unpaired) electrons. The maximum atomic E-state index is 10.8. The zero-order valence-corrected chi connectivity index (χ0v) is 8.71. The first-order valence-electron chi connectivity index (χ1n) is 4.10. The molecular weight excluding hydrogens is 194 g/mol. The molecule has 0 aromatic heterocycles. The van der Waals surface area contributed by atoms with Crippen LogP contribution in [-0.2, 0) is 10.1 Å². The molecule has 13 heavy (non-hydrogen) atoms. The molecule has 0 aliphatic rings. The van der Waals surface area contributed by atoms with Gasteiger partial charge in [0.05, 0.1) is 0 Å². The van der Waals surface area contributed by atoms with E-state index < -0.39 is 20.9 Å². The highest BCUT2D eigenvalue weighted by atomic mass is 32.2. The normalized spacial score (nSPS) is 19.5. The van der Waals surface area contributed by atoms with E-state index in [0.29, 0.717) is 12.8 Å². The van der Waals surface area contributed by atoms with Crippen LogP contribution in [0.4, 0.5) is 0 Å². The average molecular weight is 211 g/mol. The van der Waals surface area contributed by atoms with Gasteiger partial charge in [-0.15, -0.1) is 0 Å². The molecule has 4 N–H and O–H groups in total. The van der Waals surface area contributed by atoms with Gasteiger partial charge in [0.25, 0.3) is 10.1 Å². The Balaban J connectivity index is 4.46. The van der Waals surface area contributed by atoms with E-state index >= 15 is 0 Å². The maximum Gasteiger partial charge on any atom is 0.283 e. The molecule has 0 bridgehead atoms. The standard InChI is InChI=1S/C7H17NO4S/c1-6(4-3-5-9)7(2,8)13(10,11)12/h6,9H,3-5,8H2,1-2H3,(H,10,11,12). The summed E-state index contributed by atoms with van der Waals surface area (Å²) in [5, 5.41) is 8.53. The Morgan fingerprint density at radius 3 is 2.31 bits per heavy atom. The second kappa shape index (κ2) is 4.36. The highest BCUT2D eigenvalue weighted by Crippen LogP contribution is 2.23. The van der Waals surface area contributed by atoms with Crippen molar-refractivity contribution in [3.05, 3.63) is 0 Å². The first-order valence-corrected chi connectivity index (χ1v) is 5.54. The van der Waals surface area contributed by atoms with Crippen LogP contribution in [0.3, 0.4) is 0 Å². The van der Waals surface area contributed by atoms with Gasteiger partial charge in [-0.05, 0) is 25.7 Å². The molecule has 0 aromatic rings. The first kappa shape index (κ1) is 12.8. The van der Waals surface area contributed by atoms with Crippen LogP contribution in [0.15, 0.2) is 0 Å². The molecule has 0 fully saturated rings. The summed E-state index contributed by atoms with van der Waals surface area (Å²) in [5.74, 6) is -0.394. The number of hydrogen-bond acceptors (Lipinski definition) is 4. The van der Waals surface area contributed by atoms with Gasteiger partial charge in [0, 0.05) is 6.61 Å². The van der Waals surface area contributed by atoms with Gasteiger partial charge in [-0.1, -0.05) is 6.92 Å². The van der Waals surface area contributed by atoms with Crippen LogP contribution >= 0.6 is 0 Å². The fraction of sp³-hybridized carbons (Fsp3) is 1.00. The van der Waals surface area contributed by atoms with E-state index in [1.807, 2.05) is 0 Å². The zero-order chi connectivity index (χ0) is 10.7. The predicted molar refractivity (Wildman–Crippen MR) is 49.6 cm³/mol. The van der Waals surface area contributed by atoms with Gasteiger partial charge in [0.2, 0.25) is 0 Å². The number of rotatable bonds is 5. The van der Waals surface area contributed by atoms with Crippen LogP contribution in [0.2, 0.25) is 0 Å². The van der Waals surface area contributed by atoms with E-state index in [0.717, 1.165) is 0 Å². The molecule has 0 rings (SSSR count). The van der Waals surface area contributed by atoms with E-state index in [-0.39, 0.29) is 6.61 Å². The van der Waals surface area contributed by atoms with Gasteiger partial charge in [-0.3, -0.25) is 4.55 Å². The largest absolute Gasteiger partial charge is 0.396 e. The van der Waals surface area contributed by atoms with E-state index in [1.54, 1.807) is 6.92 Å². The minimum absolute atomic E-state index is 0.00804. The Hall–Kier alpha value is -0.170. The highest BCUT2D eigenvalue weighted by molar-refractivity contribution is 7.87. The van der Waals surface area contributed by atoms with Gasteiger partial charge in [0.1, 0.15) is 4.87 Å². The molecule has 0 aromatic carbocycles. The van der Waals surface area contributed by atoms with Crippen LogP contribution in [0.25, 0.3) is 0 Å². The second-order valence-electron chi connectivity index (χ2n) is 3.43. The molecule has 0 amide bonds. The van der Waals surface area contributed by atoms with Crippen LogP contribution < -0.4 is 5.73 Å². The van der Waals surface area contributed by atoms with Crippen molar-refractivity contribution in [3.63, 3.8) is 0 Å². The van der Waals surface area contributed by atoms with Crippen molar-refractivity contribution < 1.29 is 18.1 Å². The maximum absolute atomic E-state index is 10.8. The Morgan fingerprint density at radius 1 is 1.54 bits per heavy atom. The molecule has 0 aliphatic carbocycles. The van der Waals surface area contributed by atoms with E-state index in [9.17, 15) is 8.42 Å². The molecule has 2 atom stereocenters. The highest BCUT2D eigenvalue weighted by Gasteiger charge is 2.38. The molecule has 6 heteroatoms. The molecule has 0 saturated carbocycles. The quantitative estimate of drug-likeness (QED) is 0.554. The monoisotopic (exact) mass is 211 g/mol. The van der Waals surface area contributed by atoms with Crippen molar-refractivity contribution in [1.82, 2.24) is 0 Å². The van der Waals surface area contributed by atoms with E-state index in [4.69, 9.17) is 15.4 Å². The molecule has 5 nitrogen and oxygen atoms in total. The van der Waals surface area contributed by atoms with Crippen molar-refractivity contribution in [1.29, 1.82) is 0 Å². The molecular formula is C7H17NO4S. The van der Waals surface area contributed by atoms with E-state index in [1.165, 1.54) is 6.92 Å².